The maximum Gasteiger partial charge on any atom is 0.407 e. The fourth-order valence-corrected chi connectivity index (χ4v) is 3.01. The molecule has 7 nitrogen and oxygen atoms in total. The summed E-state index contributed by atoms with van der Waals surface area (Å²) in [6.07, 6.45) is 1.62. The molecule has 1 saturated heterocycles. The number of amides is 2. The maximum atomic E-state index is 12.6. The van der Waals surface area contributed by atoms with Crippen LogP contribution in [0.1, 0.15) is 20.3 Å². The molecule has 1 unspecified atom stereocenters. The molecule has 0 bridgehead atoms. The zero-order valence-corrected chi connectivity index (χ0v) is 13.5. The zero-order valence-electron chi connectivity index (χ0n) is 12.7. The number of thioether (sulfide) groups is 1. The van der Waals surface area contributed by atoms with Crippen molar-refractivity contribution in [3.63, 3.8) is 0 Å². The monoisotopic (exact) mass is 318 g/mol. The van der Waals surface area contributed by atoms with Crippen molar-refractivity contribution in [2.45, 2.75) is 37.6 Å². The van der Waals surface area contributed by atoms with Crippen LogP contribution in [0.2, 0.25) is 0 Å². The molecule has 2 amide bonds. The van der Waals surface area contributed by atoms with Gasteiger partial charge in [0.2, 0.25) is 5.91 Å². The summed E-state index contributed by atoms with van der Waals surface area (Å²) in [6.45, 7) is 3.95. The van der Waals surface area contributed by atoms with E-state index in [0.29, 0.717) is 13.0 Å². The zero-order chi connectivity index (χ0) is 16.2. The second-order valence-corrected chi connectivity index (χ2v) is 6.43. The summed E-state index contributed by atoms with van der Waals surface area (Å²) < 4.78 is 4.52. The Balaban J connectivity index is 2.90. The molecule has 8 heteroatoms. The summed E-state index contributed by atoms with van der Waals surface area (Å²) in [7, 11) is 1.22. The van der Waals surface area contributed by atoms with Gasteiger partial charge in [0.1, 0.15) is 12.1 Å². The van der Waals surface area contributed by atoms with Crippen LogP contribution in [0.15, 0.2) is 0 Å². The molecule has 21 heavy (non-hydrogen) atoms. The van der Waals surface area contributed by atoms with Crippen molar-refractivity contribution in [2.75, 3.05) is 19.9 Å². The van der Waals surface area contributed by atoms with E-state index in [1.165, 1.54) is 12.0 Å². The quantitative estimate of drug-likeness (QED) is 0.778. The normalized spacial score (nSPS) is 23.0. The highest BCUT2D eigenvalue weighted by Gasteiger charge is 2.42. The van der Waals surface area contributed by atoms with Gasteiger partial charge in [-0.15, -0.1) is 0 Å². The number of hydrogen-bond acceptors (Lipinski definition) is 5. The number of ether oxygens (including phenoxy) is 1. The van der Waals surface area contributed by atoms with Crippen LogP contribution >= 0.6 is 11.8 Å². The van der Waals surface area contributed by atoms with E-state index in [4.69, 9.17) is 0 Å². The minimum absolute atomic E-state index is 0.0981. The minimum atomic E-state index is -1.01. The molecule has 3 atom stereocenters. The van der Waals surface area contributed by atoms with Gasteiger partial charge in [-0.1, -0.05) is 13.8 Å². The fourth-order valence-electron chi connectivity index (χ4n) is 2.32. The topological polar surface area (TPSA) is 95.9 Å². The van der Waals surface area contributed by atoms with Crippen LogP contribution in [0.3, 0.4) is 0 Å². The van der Waals surface area contributed by atoms with Crippen LogP contribution < -0.4 is 5.32 Å². The third-order valence-corrected chi connectivity index (χ3v) is 4.56. The Labute approximate surface area is 128 Å². The van der Waals surface area contributed by atoms with E-state index in [-0.39, 0.29) is 17.1 Å². The fraction of sp³-hybridized carbons (Fsp3) is 0.769. The van der Waals surface area contributed by atoms with Crippen LogP contribution in [-0.2, 0) is 14.3 Å². The van der Waals surface area contributed by atoms with Gasteiger partial charge < -0.3 is 20.1 Å². The molecule has 1 aliphatic rings. The number of rotatable bonds is 5. The van der Waals surface area contributed by atoms with Crippen LogP contribution in [0.25, 0.3) is 0 Å². The van der Waals surface area contributed by atoms with E-state index in [9.17, 15) is 19.5 Å². The lowest BCUT2D eigenvalue weighted by atomic mass is 10.0. The lowest BCUT2D eigenvalue weighted by molar-refractivity contribution is -0.149. The van der Waals surface area contributed by atoms with Gasteiger partial charge in [-0.05, 0) is 18.6 Å². The average Bonchev–Trinajstić information content (AvgIpc) is 2.87. The number of carbonyl (C=O) groups is 3. The van der Waals surface area contributed by atoms with Crippen molar-refractivity contribution in [1.82, 2.24) is 10.2 Å². The number of aliphatic carboxylic acids is 1. The van der Waals surface area contributed by atoms with E-state index < -0.39 is 24.1 Å². The lowest BCUT2D eigenvalue weighted by Crippen LogP contribution is -2.53. The first kappa shape index (κ1) is 17.6. The SMILES string of the molecule is COC(=O)NC(C(=O)N1C[C@@H](SC)C[C@H]1C(=O)O)C(C)C. The number of hydrogen-bond donors (Lipinski definition) is 2. The molecule has 1 heterocycles. The highest BCUT2D eigenvalue weighted by atomic mass is 32.2. The molecule has 2 N–H and O–H groups in total. The van der Waals surface area contributed by atoms with Crippen molar-refractivity contribution in [2.24, 2.45) is 5.92 Å². The molecule has 120 valence electrons. The second kappa shape index (κ2) is 7.53. The predicted octanol–water partition coefficient (Wildman–Crippen LogP) is 0.784. The van der Waals surface area contributed by atoms with Crippen molar-refractivity contribution >= 4 is 29.7 Å². The summed E-state index contributed by atoms with van der Waals surface area (Å²) in [5.41, 5.74) is 0. The number of nitrogens with zero attached hydrogens (tertiary/aromatic N) is 1. The number of carboxylic acid groups (broad SMARTS) is 1. The first-order chi connectivity index (χ1) is 9.81. The number of likely N-dealkylation sites (tertiary alicyclic amines) is 1. The van der Waals surface area contributed by atoms with E-state index in [1.807, 2.05) is 6.26 Å². The summed E-state index contributed by atoms with van der Waals surface area (Å²) in [5, 5.41) is 11.9. The molecule has 1 fully saturated rings. The third-order valence-electron chi connectivity index (χ3n) is 3.56. The number of nitrogens with one attached hydrogen (secondary N) is 1. The maximum absolute atomic E-state index is 12.6. The lowest BCUT2D eigenvalue weighted by Gasteiger charge is -2.29. The van der Waals surface area contributed by atoms with Crippen molar-refractivity contribution in [3.8, 4) is 0 Å². The Morgan fingerprint density at radius 2 is 2.00 bits per heavy atom. The van der Waals surface area contributed by atoms with Gasteiger partial charge in [-0.25, -0.2) is 9.59 Å². The highest BCUT2D eigenvalue weighted by molar-refractivity contribution is 7.99. The highest BCUT2D eigenvalue weighted by Crippen LogP contribution is 2.27. The largest absolute Gasteiger partial charge is 0.480 e. The van der Waals surface area contributed by atoms with Crippen LogP contribution in [0.5, 0.6) is 0 Å². The first-order valence-electron chi connectivity index (χ1n) is 6.72. The molecule has 0 aromatic rings. The summed E-state index contributed by atoms with van der Waals surface area (Å²) >= 11 is 1.54. The minimum Gasteiger partial charge on any atom is -0.480 e. The van der Waals surface area contributed by atoms with Crippen molar-refractivity contribution in [1.29, 1.82) is 0 Å². The van der Waals surface area contributed by atoms with Gasteiger partial charge in [0.15, 0.2) is 0 Å². The van der Waals surface area contributed by atoms with Gasteiger partial charge >= 0.3 is 12.1 Å². The smallest absolute Gasteiger partial charge is 0.407 e. The van der Waals surface area contributed by atoms with Crippen molar-refractivity contribution < 1.29 is 24.2 Å². The van der Waals surface area contributed by atoms with E-state index in [2.05, 4.69) is 10.1 Å². The second-order valence-electron chi connectivity index (χ2n) is 5.30. The molecule has 0 aliphatic carbocycles. The predicted molar refractivity (Wildman–Crippen MR) is 79.2 cm³/mol. The number of carboxylic acids is 1. The first-order valence-corrected chi connectivity index (χ1v) is 8.01. The van der Waals surface area contributed by atoms with Gasteiger partial charge in [0.25, 0.3) is 0 Å². The molecular weight excluding hydrogens is 296 g/mol. The van der Waals surface area contributed by atoms with E-state index >= 15 is 0 Å². The third kappa shape index (κ3) is 4.26. The number of methoxy groups -OCH3 is 1. The van der Waals surface area contributed by atoms with Crippen LogP contribution in [0.4, 0.5) is 4.79 Å². The summed E-state index contributed by atoms with van der Waals surface area (Å²) in [5.74, 6) is -1.56. The van der Waals surface area contributed by atoms with E-state index in [1.54, 1.807) is 25.6 Å². The Morgan fingerprint density at radius 1 is 1.38 bits per heavy atom. The molecule has 0 aromatic heterocycles. The number of carbonyl (C=O) groups excluding carboxylic acids is 2. The molecular formula is C13H22N2O5S. The average molecular weight is 318 g/mol. The molecule has 1 aliphatic heterocycles. The van der Waals surface area contributed by atoms with Gasteiger partial charge in [-0.3, -0.25) is 4.79 Å². The van der Waals surface area contributed by atoms with Gasteiger partial charge in [-0.2, -0.15) is 11.8 Å². The van der Waals surface area contributed by atoms with Crippen LogP contribution in [0, 0.1) is 5.92 Å². The standard InChI is InChI=1S/C13H22N2O5S/c1-7(2)10(14-13(19)20-3)11(16)15-6-8(21-4)5-9(15)12(17)18/h7-10H,5-6H2,1-4H3,(H,14,19)(H,17,18)/t8-,9-,10?/m0/s1. The molecule has 0 aromatic carbocycles. The van der Waals surface area contributed by atoms with Gasteiger partial charge in [0, 0.05) is 11.8 Å². The molecule has 1 rings (SSSR count). The molecule has 0 radical (unpaired) electrons. The summed E-state index contributed by atoms with van der Waals surface area (Å²) in [6, 6.07) is -1.63. The molecule has 0 spiro atoms. The summed E-state index contributed by atoms with van der Waals surface area (Å²) in [4.78, 5) is 36.6. The Morgan fingerprint density at radius 3 is 2.43 bits per heavy atom. The Bertz CT molecular complexity index is 415. The van der Waals surface area contributed by atoms with Crippen molar-refractivity contribution in [3.05, 3.63) is 0 Å². The Hall–Kier alpha value is -1.44. The number of alkyl carbamates (subject to hydrolysis) is 1. The Kier molecular flexibility index (Phi) is 6.32. The van der Waals surface area contributed by atoms with Crippen LogP contribution in [-0.4, -0.2) is 65.2 Å². The van der Waals surface area contributed by atoms with E-state index in [0.717, 1.165) is 0 Å². The molecule has 0 saturated carbocycles. The van der Waals surface area contributed by atoms with Gasteiger partial charge in [0.05, 0.1) is 7.11 Å².